The molecule has 4 rings (SSSR count). The molecule has 0 unspecified atom stereocenters. The van der Waals surface area contributed by atoms with Crippen LogP contribution in [-0.2, 0) is 11.3 Å². The van der Waals surface area contributed by atoms with Crippen LogP contribution in [0, 0.1) is 0 Å². The summed E-state index contributed by atoms with van der Waals surface area (Å²) in [4.78, 5) is 16.7. The van der Waals surface area contributed by atoms with Crippen molar-refractivity contribution in [3.8, 4) is 11.5 Å². The van der Waals surface area contributed by atoms with Crippen molar-refractivity contribution in [2.24, 2.45) is 0 Å². The lowest BCUT2D eigenvalue weighted by molar-refractivity contribution is -0.117. The maximum atomic E-state index is 12.2. The number of benzene rings is 2. The highest BCUT2D eigenvalue weighted by atomic mass is 35.5. The van der Waals surface area contributed by atoms with Gasteiger partial charge < -0.3 is 14.8 Å². The minimum Gasteiger partial charge on any atom is -0.454 e. The summed E-state index contributed by atoms with van der Waals surface area (Å²) in [6.07, 6.45) is 0. The van der Waals surface area contributed by atoms with Gasteiger partial charge in [-0.05, 0) is 29.8 Å². The normalized spacial score (nSPS) is 17.1. The Morgan fingerprint density at radius 1 is 1.04 bits per heavy atom. The van der Waals surface area contributed by atoms with E-state index in [1.165, 1.54) is 0 Å². The number of hydrogen-bond acceptors (Lipinski definition) is 5. The van der Waals surface area contributed by atoms with Gasteiger partial charge in [0.05, 0.1) is 11.6 Å². The average molecular weight is 388 g/mol. The SMILES string of the molecule is O=C(CN1CCN(Cc2cc(Cl)c3c(c2)OCO3)CC1)Nc1ccccc1. The lowest BCUT2D eigenvalue weighted by Crippen LogP contribution is -2.48. The number of para-hydroxylation sites is 1. The molecule has 0 aliphatic carbocycles. The summed E-state index contributed by atoms with van der Waals surface area (Å²) >= 11 is 6.26. The summed E-state index contributed by atoms with van der Waals surface area (Å²) < 4.78 is 10.8. The van der Waals surface area contributed by atoms with E-state index >= 15 is 0 Å². The van der Waals surface area contributed by atoms with Gasteiger partial charge in [-0.25, -0.2) is 0 Å². The van der Waals surface area contributed by atoms with E-state index in [2.05, 4.69) is 15.1 Å². The molecule has 2 aromatic carbocycles. The third-order valence-corrected chi connectivity index (χ3v) is 5.06. The summed E-state index contributed by atoms with van der Waals surface area (Å²) in [5.74, 6) is 1.38. The van der Waals surface area contributed by atoms with Crippen LogP contribution in [0.2, 0.25) is 5.02 Å². The number of anilines is 1. The monoisotopic (exact) mass is 387 g/mol. The number of piperazine rings is 1. The molecule has 6 nitrogen and oxygen atoms in total. The van der Waals surface area contributed by atoms with Gasteiger partial charge in [-0.2, -0.15) is 0 Å². The second-order valence-electron chi connectivity index (χ2n) is 6.78. The second-order valence-corrected chi connectivity index (χ2v) is 7.19. The van der Waals surface area contributed by atoms with Crippen molar-refractivity contribution >= 4 is 23.2 Å². The first-order chi connectivity index (χ1) is 13.2. The van der Waals surface area contributed by atoms with E-state index in [0.717, 1.165) is 44.0 Å². The van der Waals surface area contributed by atoms with Gasteiger partial charge >= 0.3 is 0 Å². The van der Waals surface area contributed by atoms with Gasteiger partial charge in [0.25, 0.3) is 0 Å². The van der Waals surface area contributed by atoms with Crippen LogP contribution in [0.1, 0.15) is 5.56 Å². The average Bonchev–Trinajstić information content (AvgIpc) is 3.13. The van der Waals surface area contributed by atoms with Crippen molar-refractivity contribution in [3.05, 3.63) is 53.1 Å². The van der Waals surface area contributed by atoms with E-state index in [0.29, 0.717) is 23.1 Å². The Balaban J connectivity index is 1.26. The zero-order chi connectivity index (χ0) is 18.6. The molecule has 0 aromatic heterocycles. The number of carbonyl (C=O) groups is 1. The molecule has 1 saturated heterocycles. The Morgan fingerprint density at radius 2 is 1.78 bits per heavy atom. The molecule has 27 heavy (non-hydrogen) atoms. The number of fused-ring (bicyclic) bond motifs is 1. The maximum Gasteiger partial charge on any atom is 0.238 e. The third kappa shape index (κ3) is 4.53. The molecular formula is C20H22ClN3O3. The second kappa shape index (κ2) is 8.17. The van der Waals surface area contributed by atoms with Crippen LogP contribution in [0.25, 0.3) is 0 Å². The van der Waals surface area contributed by atoms with E-state index in [9.17, 15) is 4.79 Å². The Bertz CT molecular complexity index is 808. The number of ether oxygens (including phenoxy) is 2. The predicted molar refractivity (Wildman–Crippen MR) is 104 cm³/mol. The Hall–Kier alpha value is -2.28. The van der Waals surface area contributed by atoms with Crippen molar-refractivity contribution in [3.63, 3.8) is 0 Å². The number of hydrogen-bond donors (Lipinski definition) is 1. The first-order valence-electron chi connectivity index (χ1n) is 9.05. The molecule has 0 bridgehead atoms. The molecule has 1 fully saturated rings. The quantitative estimate of drug-likeness (QED) is 0.855. The molecule has 0 radical (unpaired) electrons. The minimum atomic E-state index is 0.0252. The van der Waals surface area contributed by atoms with Crippen molar-refractivity contribution in [1.29, 1.82) is 0 Å². The smallest absolute Gasteiger partial charge is 0.238 e. The van der Waals surface area contributed by atoms with Gasteiger partial charge in [0, 0.05) is 38.4 Å². The summed E-state index contributed by atoms with van der Waals surface area (Å²) in [6.45, 7) is 4.98. The van der Waals surface area contributed by atoms with Crippen LogP contribution in [0.15, 0.2) is 42.5 Å². The van der Waals surface area contributed by atoms with E-state index in [1.54, 1.807) is 0 Å². The summed E-state index contributed by atoms with van der Waals surface area (Å²) in [5.41, 5.74) is 1.94. The number of halogens is 1. The molecule has 2 heterocycles. The number of nitrogens with zero attached hydrogens (tertiary/aromatic N) is 2. The molecule has 2 aromatic rings. The van der Waals surface area contributed by atoms with Crippen LogP contribution in [0.4, 0.5) is 5.69 Å². The molecule has 1 amide bonds. The number of carbonyl (C=O) groups excluding carboxylic acids is 1. The lowest BCUT2D eigenvalue weighted by Gasteiger charge is -2.34. The molecular weight excluding hydrogens is 366 g/mol. The summed E-state index contributed by atoms with van der Waals surface area (Å²) in [6, 6.07) is 13.5. The molecule has 7 heteroatoms. The van der Waals surface area contributed by atoms with E-state index in [4.69, 9.17) is 21.1 Å². The fourth-order valence-electron chi connectivity index (χ4n) is 3.40. The van der Waals surface area contributed by atoms with E-state index in [-0.39, 0.29) is 12.7 Å². The van der Waals surface area contributed by atoms with E-state index in [1.807, 2.05) is 42.5 Å². The zero-order valence-corrected chi connectivity index (χ0v) is 15.7. The largest absolute Gasteiger partial charge is 0.454 e. The highest BCUT2D eigenvalue weighted by Crippen LogP contribution is 2.40. The predicted octanol–water partition coefficient (Wildman–Crippen LogP) is 2.83. The summed E-state index contributed by atoms with van der Waals surface area (Å²) in [5, 5.41) is 3.53. The third-order valence-electron chi connectivity index (χ3n) is 4.78. The molecule has 1 N–H and O–H groups in total. The van der Waals surface area contributed by atoms with Crippen molar-refractivity contribution in [1.82, 2.24) is 9.80 Å². The highest BCUT2D eigenvalue weighted by molar-refractivity contribution is 6.32. The van der Waals surface area contributed by atoms with Crippen LogP contribution < -0.4 is 14.8 Å². The fraction of sp³-hybridized carbons (Fsp3) is 0.350. The van der Waals surface area contributed by atoms with Gasteiger partial charge in [0.1, 0.15) is 0 Å². The Kier molecular flexibility index (Phi) is 5.48. The van der Waals surface area contributed by atoms with Gasteiger partial charge in [-0.1, -0.05) is 29.8 Å². The molecule has 142 valence electrons. The fourth-order valence-corrected chi connectivity index (χ4v) is 3.69. The van der Waals surface area contributed by atoms with Crippen molar-refractivity contribution in [2.45, 2.75) is 6.54 Å². The van der Waals surface area contributed by atoms with E-state index < -0.39 is 0 Å². The highest BCUT2D eigenvalue weighted by Gasteiger charge is 2.22. The maximum absolute atomic E-state index is 12.2. The van der Waals surface area contributed by atoms with Crippen molar-refractivity contribution < 1.29 is 14.3 Å². The minimum absolute atomic E-state index is 0.0252. The standard InChI is InChI=1S/C20H22ClN3O3/c21-17-10-15(11-18-20(17)27-14-26-18)12-23-6-8-24(9-7-23)13-19(25)22-16-4-2-1-3-5-16/h1-5,10-11H,6-9,12-14H2,(H,22,25). The first kappa shape index (κ1) is 18.1. The van der Waals surface area contributed by atoms with Crippen LogP contribution >= 0.6 is 11.6 Å². The van der Waals surface area contributed by atoms with Gasteiger partial charge in [0.15, 0.2) is 11.5 Å². The number of amides is 1. The molecule has 2 aliphatic heterocycles. The Morgan fingerprint density at radius 3 is 2.56 bits per heavy atom. The Labute approximate surface area is 163 Å². The molecule has 0 spiro atoms. The topological polar surface area (TPSA) is 54.0 Å². The van der Waals surface area contributed by atoms with Crippen LogP contribution in [0.5, 0.6) is 11.5 Å². The lowest BCUT2D eigenvalue weighted by atomic mass is 10.1. The van der Waals surface area contributed by atoms with Crippen LogP contribution in [-0.4, -0.2) is 55.2 Å². The van der Waals surface area contributed by atoms with Crippen LogP contribution in [0.3, 0.4) is 0 Å². The van der Waals surface area contributed by atoms with Gasteiger partial charge in [-0.15, -0.1) is 0 Å². The molecule has 2 aliphatic rings. The van der Waals surface area contributed by atoms with Gasteiger partial charge in [0.2, 0.25) is 12.7 Å². The molecule has 0 atom stereocenters. The molecule has 0 saturated carbocycles. The number of rotatable bonds is 5. The number of nitrogens with one attached hydrogen (secondary N) is 1. The first-order valence-corrected chi connectivity index (χ1v) is 9.43. The zero-order valence-electron chi connectivity index (χ0n) is 15.0. The summed E-state index contributed by atoms with van der Waals surface area (Å²) in [7, 11) is 0. The van der Waals surface area contributed by atoms with Crippen molar-refractivity contribution in [2.75, 3.05) is 44.8 Å². The van der Waals surface area contributed by atoms with Gasteiger partial charge in [-0.3, -0.25) is 14.6 Å².